The second kappa shape index (κ2) is 9.17. The molecule has 2 rings (SSSR count). The van der Waals surface area contributed by atoms with Gasteiger partial charge in [0.25, 0.3) is 5.91 Å². The number of carbonyl (C=O) groups excluding carboxylic acids is 2. The fourth-order valence-corrected chi connectivity index (χ4v) is 2.41. The Kier molecular flexibility index (Phi) is 6.94. The third-order valence-corrected chi connectivity index (χ3v) is 3.81. The number of benzene rings is 2. The number of hydrogen-bond acceptors (Lipinski definition) is 3. The molecule has 0 atom stereocenters. The minimum Gasteiger partial charge on any atom is -0.376 e. The SMILES string of the molecule is CCCNC(=O)c1cccc(NCC(=O)Nc2ccc(Br)cc2F)c1. The van der Waals surface area contributed by atoms with Gasteiger partial charge in [-0.15, -0.1) is 0 Å². The number of amides is 2. The highest BCUT2D eigenvalue weighted by molar-refractivity contribution is 9.10. The van der Waals surface area contributed by atoms with Crippen LogP contribution in [0, 0.1) is 5.82 Å². The van der Waals surface area contributed by atoms with E-state index in [0.717, 1.165) is 6.42 Å². The van der Waals surface area contributed by atoms with Crippen molar-refractivity contribution < 1.29 is 14.0 Å². The molecule has 132 valence electrons. The van der Waals surface area contributed by atoms with Crippen LogP contribution >= 0.6 is 15.9 Å². The Balaban J connectivity index is 1.92. The van der Waals surface area contributed by atoms with Crippen LogP contribution in [0.2, 0.25) is 0 Å². The molecular weight excluding hydrogens is 389 g/mol. The summed E-state index contributed by atoms with van der Waals surface area (Å²) < 4.78 is 14.3. The zero-order valence-corrected chi connectivity index (χ0v) is 15.3. The lowest BCUT2D eigenvalue weighted by Crippen LogP contribution is -2.24. The van der Waals surface area contributed by atoms with E-state index in [1.54, 1.807) is 30.3 Å². The van der Waals surface area contributed by atoms with Gasteiger partial charge in [0.1, 0.15) is 5.82 Å². The van der Waals surface area contributed by atoms with Crippen molar-refractivity contribution in [3.8, 4) is 0 Å². The highest BCUT2D eigenvalue weighted by atomic mass is 79.9. The first kappa shape index (κ1) is 18.9. The standard InChI is InChI=1S/C18H19BrFN3O2/c1-2-8-21-18(25)12-4-3-5-14(9-12)22-11-17(24)23-16-7-6-13(19)10-15(16)20/h3-7,9-10,22H,2,8,11H2,1H3,(H,21,25)(H,23,24). The normalized spacial score (nSPS) is 10.2. The topological polar surface area (TPSA) is 70.2 Å². The van der Waals surface area contributed by atoms with Gasteiger partial charge >= 0.3 is 0 Å². The van der Waals surface area contributed by atoms with E-state index in [1.807, 2.05) is 6.92 Å². The molecule has 2 amide bonds. The van der Waals surface area contributed by atoms with E-state index in [0.29, 0.717) is 22.3 Å². The Bertz CT molecular complexity index is 768. The molecule has 0 bridgehead atoms. The molecule has 2 aromatic carbocycles. The average molecular weight is 408 g/mol. The summed E-state index contributed by atoms with van der Waals surface area (Å²) in [7, 11) is 0. The summed E-state index contributed by atoms with van der Waals surface area (Å²) in [6.07, 6.45) is 0.858. The van der Waals surface area contributed by atoms with Gasteiger partial charge in [0.15, 0.2) is 0 Å². The van der Waals surface area contributed by atoms with Crippen molar-refractivity contribution in [1.29, 1.82) is 0 Å². The molecule has 0 saturated carbocycles. The smallest absolute Gasteiger partial charge is 0.251 e. The summed E-state index contributed by atoms with van der Waals surface area (Å²) in [6, 6.07) is 11.3. The van der Waals surface area contributed by atoms with Gasteiger partial charge in [-0.1, -0.05) is 28.9 Å². The zero-order valence-electron chi connectivity index (χ0n) is 13.7. The minimum absolute atomic E-state index is 0.0461. The van der Waals surface area contributed by atoms with Gasteiger partial charge < -0.3 is 16.0 Å². The van der Waals surface area contributed by atoms with Crippen molar-refractivity contribution in [2.45, 2.75) is 13.3 Å². The van der Waals surface area contributed by atoms with Gasteiger partial charge in [-0.05, 0) is 42.8 Å². The quantitative estimate of drug-likeness (QED) is 0.653. The first-order valence-corrected chi connectivity index (χ1v) is 8.66. The molecule has 2 aromatic rings. The monoisotopic (exact) mass is 407 g/mol. The highest BCUT2D eigenvalue weighted by Crippen LogP contribution is 2.19. The predicted octanol–water partition coefficient (Wildman–Crippen LogP) is 3.78. The third-order valence-electron chi connectivity index (χ3n) is 3.32. The van der Waals surface area contributed by atoms with E-state index in [1.165, 1.54) is 12.1 Å². The summed E-state index contributed by atoms with van der Waals surface area (Å²) in [4.78, 5) is 23.9. The Morgan fingerprint density at radius 2 is 1.96 bits per heavy atom. The lowest BCUT2D eigenvalue weighted by Gasteiger charge is -2.10. The van der Waals surface area contributed by atoms with Gasteiger partial charge in [-0.2, -0.15) is 0 Å². The number of anilines is 2. The highest BCUT2D eigenvalue weighted by Gasteiger charge is 2.09. The van der Waals surface area contributed by atoms with Gasteiger partial charge in [-0.25, -0.2) is 4.39 Å². The zero-order chi connectivity index (χ0) is 18.2. The maximum absolute atomic E-state index is 13.7. The van der Waals surface area contributed by atoms with Crippen LogP contribution < -0.4 is 16.0 Å². The third kappa shape index (κ3) is 5.86. The molecule has 0 aliphatic heterocycles. The molecule has 0 spiro atoms. The number of rotatable bonds is 7. The van der Waals surface area contributed by atoms with Crippen molar-refractivity contribution in [2.24, 2.45) is 0 Å². The first-order chi connectivity index (χ1) is 12.0. The van der Waals surface area contributed by atoms with Gasteiger partial charge in [0, 0.05) is 22.3 Å². The summed E-state index contributed by atoms with van der Waals surface area (Å²) in [5.74, 6) is -1.06. The first-order valence-electron chi connectivity index (χ1n) is 7.86. The fourth-order valence-electron chi connectivity index (χ4n) is 2.08. The minimum atomic E-state index is -0.516. The Morgan fingerprint density at radius 3 is 2.68 bits per heavy atom. The van der Waals surface area contributed by atoms with Crippen LogP contribution in [0.4, 0.5) is 15.8 Å². The van der Waals surface area contributed by atoms with Gasteiger partial charge in [0.2, 0.25) is 5.91 Å². The van der Waals surface area contributed by atoms with E-state index < -0.39 is 5.82 Å². The summed E-state index contributed by atoms with van der Waals surface area (Å²) in [5, 5.41) is 8.21. The largest absolute Gasteiger partial charge is 0.376 e. The lowest BCUT2D eigenvalue weighted by molar-refractivity contribution is -0.114. The molecule has 0 aliphatic rings. The van der Waals surface area contributed by atoms with Crippen molar-refractivity contribution in [2.75, 3.05) is 23.7 Å². The molecule has 5 nitrogen and oxygen atoms in total. The Morgan fingerprint density at radius 1 is 1.16 bits per heavy atom. The maximum atomic E-state index is 13.7. The van der Waals surface area contributed by atoms with Crippen LogP contribution in [0.5, 0.6) is 0 Å². The second-order valence-corrected chi connectivity index (χ2v) is 6.28. The van der Waals surface area contributed by atoms with Crippen molar-refractivity contribution in [1.82, 2.24) is 5.32 Å². The van der Waals surface area contributed by atoms with E-state index in [-0.39, 0.29) is 24.0 Å². The van der Waals surface area contributed by atoms with Crippen LogP contribution in [-0.4, -0.2) is 24.9 Å². The maximum Gasteiger partial charge on any atom is 0.251 e. The molecule has 0 unspecified atom stereocenters. The molecular formula is C18H19BrFN3O2. The number of nitrogens with one attached hydrogen (secondary N) is 3. The van der Waals surface area contributed by atoms with Crippen molar-refractivity contribution >= 4 is 39.1 Å². The number of halogens is 2. The Hall–Kier alpha value is -2.41. The molecule has 25 heavy (non-hydrogen) atoms. The number of hydrogen-bond donors (Lipinski definition) is 3. The molecule has 0 saturated heterocycles. The lowest BCUT2D eigenvalue weighted by atomic mass is 10.2. The summed E-state index contributed by atoms with van der Waals surface area (Å²) in [6.45, 7) is 2.54. The van der Waals surface area contributed by atoms with E-state index in [9.17, 15) is 14.0 Å². The van der Waals surface area contributed by atoms with Crippen molar-refractivity contribution in [3.05, 3.63) is 58.3 Å². The molecule has 0 fully saturated rings. The molecule has 0 radical (unpaired) electrons. The molecule has 7 heteroatoms. The van der Waals surface area contributed by atoms with E-state index in [4.69, 9.17) is 0 Å². The summed E-state index contributed by atoms with van der Waals surface area (Å²) in [5.41, 5.74) is 1.26. The average Bonchev–Trinajstić information content (AvgIpc) is 2.60. The van der Waals surface area contributed by atoms with Crippen LogP contribution in [0.1, 0.15) is 23.7 Å². The van der Waals surface area contributed by atoms with Crippen LogP contribution in [0.3, 0.4) is 0 Å². The van der Waals surface area contributed by atoms with E-state index >= 15 is 0 Å². The second-order valence-electron chi connectivity index (χ2n) is 5.36. The van der Waals surface area contributed by atoms with Crippen LogP contribution in [0.15, 0.2) is 46.9 Å². The molecule has 0 aromatic heterocycles. The predicted molar refractivity (Wildman–Crippen MR) is 100 cm³/mol. The van der Waals surface area contributed by atoms with Gasteiger partial charge in [0.05, 0.1) is 12.2 Å². The Labute approximate surface area is 154 Å². The fraction of sp³-hybridized carbons (Fsp3) is 0.222. The van der Waals surface area contributed by atoms with Crippen LogP contribution in [0.25, 0.3) is 0 Å². The molecule has 0 aliphatic carbocycles. The molecule has 0 heterocycles. The molecule has 3 N–H and O–H groups in total. The van der Waals surface area contributed by atoms with Crippen LogP contribution in [-0.2, 0) is 4.79 Å². The van der Waals surface area contributed by atoms with E-state index in [2.05, 4.69) is 31.9 Å². The number of carbonyl (C=O) groups is 2. The van der Waals surface area contributed by atoms with Gasteiger partial charge in [-0.3, -0.25) is 9.59 Å². The van der Waals surface area contributed by atoms with Crippen molar-refractivity contribution in [3.63, 3.8) is 0 Å². The summed E-state index contributed by atoms with van der Waals surface area (Å²) >= 11 is 3.16.